The number of nitrogens with two attached hydrogens (primary N) is 1. The van der Waals surface area contributed by atoms with E-state index in [0.717, 1.165) is 6.07 Å². The molecule has 2 amide bonds. The number of rotatable bonds is 4. The molecule has 0 radical (unpaired) electrons. The number of anilines is 1. The van der Waals surface area contributed by atoms with Gasteiger partial charge in [-0.1, -0.05) is 30.3 Å². The van der Waals surface area contributed by atoms with Crippen molar-refractivity contribution in [2.45, 2.75) is 0 Å². The van der Waals surface area contributed by atoms with Crippen molar-refractivity contribution in [2.24, 2.45) is 5.73 Å². The maximum absolute atomic E-state index is 15.3. The summed E-state index contributed by atoms with van der Waals surface area (Å²) >= 11 is 6.05. The van der Waals surface area contributed by atoms with Crippen molar-refractivity contribution in [2.75, 3.05) is 31.1 Å². The van der Waals surface area contributed by atoms with Crippen LogP contribution < -0.4 is 10.6 Å². The van der Waals surface area contributed by atoms with Gasteiger partial charge < -0.3 is 20.6 Å². The van der Waals surface area contributed by atoms with Gasteiger partial charge in [0.25, 0.3) is 5.91 Å². The first kappa shape index (κ1) is 22.5. The second-order valence-corrected chi connectivity index (χ2v) is 7.87. The average molecular weight is 473 g/mol. The molecule has 2 heterocycles. The number of hydrogen-bond acceptors (Lipinski definition) is 5. The molecule has 4 rings (SSSR count). The van der Waals surface area contributed by atoms with Crippen LogP contribution in [0.4, 0.5) is 14.5 Å². The van der Waals surface area contributed by atoms with Crippen LogP contribution in [0.15, 0.2) is 43.0 Å². The van der Waals surface area contributed by atoms with Crippen LogP contribution in [0.2, 0.25) is 5.02 Å². The largest absolute Gasteiger partial charge is 0.505 e. The third kappa shape index (κ3) is 3.84. The standard InChI is InChI=1S/C23H19ClF2N4O3/c1-2-16(32)29-8-10-30(11-9-29)22-17(12-4-3-5-15(31)19(12)25)21(23(27)33)28-14-7-6-13(24)20(26)18(14)22/h2-7,31H,1,8-11H2,(H2,27,33). The predicted octanol–water partition coefficient (Wildman–Crippen LogP) is 3.47. The van der Waals surface area contributed by atoms with Crippen LogP contribution in [0, 0.1) is 11.6 Å². The Morgan fingerprint density at radius 2 is 1.82 bits per heavy atom. The minimum absolute atomic E-state index is 0.0197. The van der Waals surface area contributed by atoms with Crippen molar-refractivity contribution >= 4 is 40.0 Å². The van der Waals surface area contributed by atoms with E-state index < -0.39 is 23.3 Å². The zero-order chi connectivity index (χ0) is 23.9. The van der Waals surface area contributed by atoms with E-state index in [2.05, 4.69) is 11.6 Å². The number of pyridine rings is 1. The predicted molar refractivity (Wildman–Crippen MR) is 121 cm³/mol. The molecule has 0 saturated carbocycles. The lowest BCUT2D eigenvalue weighted by atomic mass is 9.95. The number of carbonyl (C=O) groups excluding carboxylic acids is 2. The molecule has 3 N–H and O–H groups in total. The Bertz CT molecular complexity index is 1310. The van der Waals surface area contributed by atoms with Gasteiger partial charge in [-0.05, 0) is 24.3 Å². The molecule has 1 aliphatic rings. The van der Waals surface area contributed by atoms with E-state index in [1.165, 1.54) is 30.3 Å². The number of carbonyl (C=O) groups is 2. The highest BCUT2D eigenvalue weighted by Gasteiger charge is 2.30. The monoisotopic (exact) mass is 472 g/mol. The topological polar surface area (TPSA) is 99.8 Å². The minimum atomic E-state index is -1.01. The smallest absolute Gasteiger partial charge is 0.268 e. The molecule has 1 fully saturated rings. The van der Waals surface area contributed by atoms with Crippen LogP contribution in [0.5, 0.6) is 5.75 Å². The van der Waals surface area contributed by atoms with Crippen LogP contribution in [0.3, 0.4) is 0 Å². The molecule has 0 aliphatic carbocycles. The van der Waals surface area contributed by atoms with E-state index >= 15 is 8.78 Å². The summed E-state index contributed by atoms with van der Waals surface area (Å²) in [4.78, 5) is 31.9. The highest BCUT2D eigenvalue weighted by atomic mass is 35.5. The van der Waals surface area contributed by atoms with E-state index in [4.69, 9.17) is 17.3 Å². The number of piperazine rings is 1. The Balaban J connectivity index is 2.04. The quantitative estimate of drug-likeness (QED) is 0.566. The molecule has 170 valence electrons. The molecule has 1 saturated heterocycles. The summed E-state index contributed by atoms with van der Waals surface area (Å²) in [7, 11) is 0. The number of aromatic hydroxyl groups is 1. The Morgan fingerprint density at radius 3 is 2.45 bits per heavy atom. The van der Waals surface area contributed by atoms with Crippen molar-refractivity contribution < 1.29 is 23.5 Å². The minimum Gasteiger partial charge on any atom is -0.505 e. The number of benzene rings is 2. The summed E-state index contributed by atoms with van der Waals surface area (Å²) in [5.74, 6) is -3.65. The van der Waals surface area contributed by atoms with Gasteiger partial charge in [0.05, 0.1) is 21.6 Å². The van der Waals surface area contributed by atoms with Gasteiger partial charge in [-0.2, -0.15) is 0 Å². The van der Waals surface area contributed by atoms with E-state index in [1.807, 2.05) is 0 Å². The summed E-state index contributed by atoms with van der Waals surface area (Å²) in [6.45, 7) is 4.54. The summed E-state index contributed by atoms with van der Waals surface area (Å²) < 4.78 is 30.4. The number of hydrogen-bond donors (Lipinski definition) is 2. The first-order valence-corrected chi connectivity index (χ1v) is 10.4. The molecule has 0 spiro atoms. The number of primary amides is 1. The van der Waals surface area contributed by atoms with Gasteiger partial charge in [0.15, 0.2) is 17.4 Å². The molecule has 33 heavy (non-hydrogen) atoms. The fourth-order valence-corrected chi connectivity index (χ4v) is 4.17. The van der Waals surface area contributed by atoms with Gasteiger partial charge in [0, 0.05) is 37.3 Å². The number of amides is 2. The zero-order valence-electron chi connectivity index (χ0n) is 17.3. The van der Waals surface area contributed by atoms with Crippen molar-refractivity contribution in [3.63, 3.8) is 0 Å². The molecule has 10 heteroatoms. The fourth-order valence-electron chi connectivity index (χ4n) is 4.01. The normalized spacial score (nSPS) is 13.9. The second-order valence-electron chi connectivity index (χ2n) is 7.46. The van der Waals surface area contributed by atoms with Crippen molar-refractivity contribution in [3.8, 4) is 16.9 Å². The lowest BCUT2D eigenvalue weighted by Crippen LogP contribution is -2.48. The zero-order valence-corrected chi connectivity index (χ0v) is 18.1. The fraction of sp³-hybridized carbons (Fsp3) is 0.174. The number of fused-ring (bicyclic) bond motifs is 1. The molecule has 0 atom stereocenters. The van der Waals surface area contributed by atoms with Gasteiger partial charge in [-0.3, -0.25) is 9.59 Å². The highest BCUT2D eigenvalue weighted by Crippen LogP contribution is 2.43. The Labute approximate surface area is 192 Å². The van der Waals surface area contributed by atoms with Crippen LogP contribution in [0.25, 0.3) is 22.0 Å². The van der Waals surface area contributed by atoms with Crippen LogP contribution >= 0.6 is 11.6 Å². The number of halogens is 3. The maximum Gasteiger partial charge on any atom is 0.268 e. The Morgan fingerprint density at radius 1 is 1.12 bits per heavy atom. The van der Waals surface area contributed by atoms with Crippen LogP contribution in [0.1, 0.15) is 10.5 Å². The number of nitrogens with zero attached hydrogens (tertiary/aromatic N) is 3. The maximum atomic E-state index is 15.3. The average Bonchev–Trinajstić information content (AvgIpc) is 2.81. The molecule has 1 aromatic heterocycles. The summed E-state index contributed by atoms with van der Waals surface area (Å²) in [5, 5.41) is 9.75. The van der Waals surface area contributed by atoms with Crippen molar-refractivity contribution in [1.29, 1.82) is 0 Å². The Hall–Kier alpha value is -3.72. The van der Waals surface area contributed by atoms with Crippen molar-refractivity contribution in [3.05, 3.63) is 65.3 Å². The molecular formula is C23H19ClF2N4O3. The van der Waals surface area contributed by atoms with Gasteiger partial charge in [0.1, 0.15) is 5.69 Å². The van der Waals surface area contributed by atoms with E-state index in [-0.39, 0.29) is 70.5 Å². The molecule has 1 aliphatic heterocycles. The van der Waals surface area contributed by atoms with Crippen LogP contribution in [-0.4, -0.2) is 53.0 Å². The van der Waals surface area contributed by atoms with E-state index in [9.17, 15) is 14.7 Å². The number of phenolic OH excluding ortho intramolecular Hbond substituents is 1. The summed E-state index contributed by atoms with van der Waals surface area (Å²) in [5.41, 5.74) is 5.34. The molecule has 0 bridgehead atoms. The lowest BCUT2D eigenvalue weighted by molar-refractivity contribution is -0.126. The van der Waals surface area contributed by atoms with Gasteiger partial charge in [-0.15, -0.1) is 0 Å². The first-order valence-electron chi connectivity index (χ1n) is 10.00. The van der Waals surface area contributed by atoms with Crippen molar-refractivity contribution in [1.82, 2.24) is 9.88 Å². The van der Waals surface area contributed by atoms with E-state index in [1.54, 1.807) is 9.80 Å². The third-order valence-corrected chi connectivity index (χ3v) is 5.87. The lowest BCUT2D eigenvalue weighted by Gasteiger charge is -2.37. The molecule has 2 aromatic carbocycles. The molecule has 3 aromatic rings. The number of aromatic nitrogens is 1. The Kier molecular flexibility index (Phi) is 5.90. The SMILES string of the molecule is C=CC(=O)N1CCN(c2c(-c3cccc(O)c3F)c(C(N)=O)nc3ccc(Cl)c(F)c23)CC1. The van der Waals surface area contributed by atoms with E-state index in [0.29, 0.717) is 0 Å². The third-order valence-electron chi connectivity index (χ3n) is 5.58. The number of phenols is 1. The van der Waals surface area contributed by atoms with Gasteiger partial charge in [0.2, 0.25) is 5.91 Å². The first-order chi connectivity index (χ1) is 15.7. The van der Waals surface area contributed by atoms with Gasteiger partial charge in [-0.25, -0.2) is 13.8 Å². The van der Waals surface area contributed by atoms with Gasteiger partial charge >= 0.3 is 0 Å². The molecule has 7 nitrogen and oxygen atoms in total. The summed E-state index contributed by atoms with van der Waals surface area (Å²) in [6, 6.07) is 6.62. The highest BCUT2D eigenvalue weighted by molar-refractivity contribution is 6.32. The summed E-state index contributed by atoms with van der Waals surface area (Å²) in [6.07, 6.45) is 1.20. The second kappa shape index (κ2) is 8.67. The molecular weight excluding hydrogens is 454 g/mol. The molecule has 0 unspecified atom stereocenters. The van der Waals surface area contributed by atoms with Crippen LogP contribution in [-0.2, 0) is 4.79 Å².